The van der Waals surface area contributed by atoms with Crippen LogP contribution >= 0.6 is 0 Å². The number of aliphatic imine (C=N–C) groups is 1. The minimum atomic E-state index is -1.49. The van der Waals surface area contributed by atoms with E-state index < -0.39 is 17.2 Å². The van der Waals surface area contributed by atoms with Crippen molar-refractivity contribution in [1.29, 1.82) is 5.41 Å². The SMILES string of the molecule is N=CC1CC(COCCO)CN(S(=O)c2ccc(N3CCC(F)C3)nc2)CC/C=C/C1=Nc1ccc(F)cc1. The highest BCUT2D eigenvalue weighted by molar-refractivity contribution is 7.82. The first-order valence-corrected chi connectivity index (χ1v) is 14.3. The summed E-state index contributed by atoms with van der Waals surface area (Å²) in [5, 5.41) is 17.3. The molecule has 1 aromatic carbocycles. The Morgan fingerprint density at radius 2 is 2.03 bits per heavy atom. The molecule has 39 heavy (non-hydrogen) atoms. The zero-order valence-corrected chi connectivity index (χ0v) is 22.6. The minimum Gasteiger partial charge on any atom is -0.394 e. The topological polar surface area (TPSA) is 102 Å². The molecule has 1 saturated heterocycles. The Labute approximate surface area is 230 Å². The lowest BCUT2D eigenvalue weighted by molar-refractivity contribution is 0.0602. The van der Waals surface area contributed by atoms with Gasteiger partial charge in [0.2, 0.25) is 0 Å². The Morgan fingerprint density at radius 1 is 1.21 bits per heavy atom. The van der Waals surface area contributed by atoms with Crippen LogP contribution in [0.2, 0.25) is 0 Å². The van der Waals surface area contributed by atoms with Crippen molar-refractivity contribution in [1.82, 2.24) is 9.29 Å². The lowest BCUT2D eigenvalue weighted by Gasteiger charge is -2.29. The molecule has 4 rings (SSSR count). The number of hydrogen-bond donors (Lipinski definition) is 2. The number of benzene rings is 1. The molecule has 0 spiro atoms. The van der Waals surface area contributed by atoms with Crippen molar-refractivity contribution in [2.45, 2.75) is 30.3 Å². The fourth-order valence-corrected chi connectivity index (χ4v) is 5.98. The number of allylic oxidation sites excluding steroid dienone is 1. The van der Waals surface area contributed by atoms with E-state index in [2.05, 4.69) is 9.98 Å². The van der Waals surface area contributed by atoms with Crippen LogP contribution in [0.3, 0.4) is 0 Å². The summed E-state index contributed by atoms with van der Waals surface area (Å²) in [6.45, 7) is 2.30. The number of aromatic nitrogens is 1. The van der Waals surface area contributed by atoms with Gasteiger partial charge in [0.1, 0.15) is 28.8 Å². The van der Waals surface area contributed by atoms with Gasteiger partial charge in [-0.05, 0) is 67.7 Å². The Kier molecular flexibility index (Phi) is 10.8. The molecule has 4 unspecified atom stereocenters. The predicted molar refractivity (Wildman–Crippen MR) is 149 cm³/mol. The molecule has 2 aromatic rings. The maximum absolute atomic E-state index is 13.6. The third-order valence-corrected chi connectivity index (χ3v) is 8.20. The number of aliphatic hydroxyl groups is 1. The van der Waals surface area contributed by atoms with Crippen LogP contribution in [-0.2, 0) is 15.7 Å². The van der Waals surface area contributed by atoms with Gasteiger partial charge in [0, 0.05) is 43.7 Å². The summed E-state index contributed by atoms with van der Waals surface area (Å²) >= 11 is 0. The highest BCUT2D eigenvalue weighted by Gasteiger charge is 2.26. The number of ether oxygens (including phenoxy) is 1. The summed E-state index contributed by atoms with van der Waals surface area (Å²) in [6, 6.07) is 9.47. The van der Waals surface area contributed by atoms with Gasteiger partial charge < -0.3 is 20.2 Å². The van der Waals surface area contributed by atoms with Gasteiger partial charge in [-0.25, -0.2) is 22.3 Å². The Morgan fingerprint density at radius 3 is 2.69 bits per heavy atom. The van der Waals surface area contributed by atoms with E-state index >= 15 is 0 Å². The number of alkyl halides is 1. The van der Waals surface area contributed by atoms with Crippen LogP contribution in [0.5, 0.6) is 0 Å². The van der Waals surface area contributed by atoms with Crippen molar-refractivity contribution in [3.8, 4) is 0 Å². The number of rotatable bonds is 9. The molecule has 11 heteroatoms. The van der Waals surface area contributed by atoms with Crippen LogP contribution in [0.15, 0.2) is 64.6 Å². The van der Waals surface area contributed by atoms with Crippen molar-refractivity contribution in [2.75, 3.05) is 50.9 Å². The molecule has 8 nitrogen and oxygen atoms in total. The zero-order chi connectivity index (χ0) is 27.6. The fraction of sp³-hybridized carbons (Fsp3) is 0.464. The molecular formula is C28H35F2N5O3S. The van der Waals surface area contributed by atoms with Gasteiger partial charge >= 0.3 is 0 Å². The van der Waals surface area contributed by atoms with Crippen LogP contribution in [0.25, 0.3) is 0 Å². The van der Waals surface area contributed by atoms with Crippen molar-refractivity contribution in [3.63, 3.8) is 0 Å². The fourth-order valence-electron chi connectivity index (χ4n) is 4.74. The minimum absolute atomic E-state index is 0.102. The van der Waals surface area contributed by atoms with Gasteiger partial charge in [-0.15, -0.1) is 0 Å². The number of nitrogens with zero attached hydrogens (tertiary/aromatic N) is 4. The summed E-state index contributed by atoms with van der Waals surface area (Å²) < 4.78 is 48.1. The van der Waals surface area contributed by atoms with Crippen LogP contribution in [0, 0.1) is 23.1 Å². The molecule has 0 aliphatic carbocycles. The third-order valence-electron chi connectivity index (χ3n) is 6.75. The molecule has 1 aromatic heterocycles. The second-order valence-electron chi connectivity index (χ2n) is 9.70. The van der Waals surface area contributed by atoms with Crippen LogP contribution in [0.1, 0.15) is 19.3 Å². The van der Waals surface area contributed by atoms with Crippen molar-refractivity contribution >= 4 is 34.4 Å². The van der Waals surface area contributed by atoms with Gasteiger partial charge in [0.25, 0.3) is 0 Å². The number of anilines is 1. The number of hydrogen-bond acceptors (Lipinski definition) is 7. The smallest absolute Gasteiger partial charge is 0.129 e. The maximum atomic E-state index is 13.6. The molecule has 3 heterocycles. The van der Waals surface area contributed by atoms with E-state index in [1.165, 1.54) is 18.3 Å². The molecular weight excluding hydrogens is 524 g/mol. The summed E-state index contributed by atoms with van der Waals surface area (Å²) in [6.07, 6.45) is 7.52. The lowest BCUT2D eigenvalue weighted by atomic mass is 9.90. The average molecular weight is 560 g/mol. The van der Waals surface area contributed by atoms with Crippen molar-refractivity contribution in [2.24, 2.45) is 16.8 Å². The van der Waals surface area contributed by atoms with E-state index in [0.717, 1.165) is 0 Å². The molecule has 0 saturated carbocycles. The molecule has 1 fully saturated rings. The lowest BCUT2D eigenvalue weighted by Crippen LogP contribution is -2.36. The monoisotopic (exact) mass is 559 g/mol. The normalized spacial score (nSPS) is 25.5. The highest BCUT2D eigenvalue weighted by Crippen LogP contribution is 2.25. The maximum Gasteiger partial charge on any atom is 0.129 e. The molecule has 0 bridgehead atoms. The van der Waals surface area contributed by atoms with Gasteiger partial charge in [-0.1, -0.05) is 6.08 Å². The highest BCUT2D eigenvalue weighted by atomic mass is 32.2. The first-order valence-electron chi connectivity index (χ1n) is 13.2. The van der Waals surface area contributed by atoms with Gasteiger partial charge in [-0.2, -0.15) is 0 Å². The van der Waals surface area contributed by atoms with Crippen molar-refractivity contribution < 1.29 is 22.8 Å². The standard InChI is InChI=1S/C28H35F2N5O3S/c29-23-4-6-25(7-5-23)33-27-3-1-2-11-35(18-21(15-22(27)16-31)20-38-14-13-36)39(37)26-8-9-28(32-17-26)34-12-10-24(30)19-34/h1,3-9,16-17,21-22,24,31,36H,2,10-15,18-20H2/b3-1+,31-16?,33-27?. The first kappa shape index (κ1) is 29.1. The number of halogens is 2. The molecule has 4 atom stereocenters. The Bertz CT molecular complexity index is 1160. The van der Waals surface area contributed by atoms with Crippen LogP contribution in [0.4, 0.5) is 20.3 Å². The summed E-state index contributed by atoms with van der Waals surface area (Å²) in [5.74, 6) is -0.0946. The molecule has 0 radical (unpaired) electrons. The number of pyridine rings is 1. The van der Waals surface area contributed by atoms with E-state index in [1.54, 1.807) is 30.5 Å². The van der Waals surface area contributed by atoms with Crippen molar-refractivity contribution in [3.05, 3.63) is 60.6 Å². The molecule has 0 amide bonds. The van der Waals surface area contributed by atoms with E-state index in [1.807, 2.05) is 21.4 Å². The van der Waals surface area contributed by atoms with Gasteiger partial charge in [-0.3, -0.25) is 4.99 Å². The molecule has 2 aliphatic rings. The number of aliphatic hydroxyl groups excluding tert-OH is 1. The Balaban J connectivity index is 1.54. The van der Waals surface area contributed by atoms with E-state index in [4.69, 9.17) is 10.1 Å². The Hall–Kier alpha value is -2.86. The summed E-state index contributed by atoms with van der Waals surface area (Å²) in [5.41, 5.74) is 1.29. The second-order valence-corrected chi connectivity index (χ2v) is 11.2. The van der Waals surface area contributed by atoms with E-state index in [-0.39, 0.29) is 30.9 Å². The molecule has 210 valence electrons. The predicted octanol–water partition coefficient (Wildman–Crippen LogP) is 4.11. The summed E-state index contributed by atoms with van der Waals surface area (Å²) in [7, 11) is -1.49. The molecule has 2 N–H and O–H groups in total. The van der Waals surface area contributed by atoms with Gasteiger partial charge in [0.05, 0.1) is 36.9 Å². The van der Waals surface area contributed by atoms with Crippen LogP contribution in [-0.4, -0.2) is 82.7 Å². The average Bonchev–Trinajstić information content (AvgIpc) is 3.39. The van der Waals surface area contributed by atoms with E-state index in [0.29, 0.717) is 74.2 Å². The van der Waals surface area contributed by atoms with E-state index in [9.17, 15) is 18.1 Å². The van der Waals surface area contributed by atoms with Crippen LogP contribution < -0.4 is 4.90 Å². The number of nitrogens with one attached hydrogen (secondary N) is 1. The molecule has 2 aliphatic heterocycles. The zero-order valence-electron chi connectivity index (χ0n) is 21.8. The largest absolute Gasteiger partial charge is 0.394 e. The third kappa shape index (κ3) is 8.31. The second kappa shape index (κ2) is 14.5. The quantitative estimate of drug-likeness (QED) is 0.356. The first-order chi connectivity index (χ1) is 19.0. The summed E-state index contributed by atoms with van der Waals surface area (Å²) in [4.78, 5) is 11.6. The van der Waals surface area contributed by atoms with Gasteiger partial charge in [0.15, 0.2) is 0 Å².